The Bertz CT molecular complexity index is 595. The molecule has 1 aliphatic rings. The van der Waals surface area contributed by atoms with Crippen LogP contribution >= 0.6 is 0 Å². The number of nitro benzene ring substituents is 1. The zero-order valence-electron chi connectivity index (χ0n) is 13.1. The van der Waals surface area contributed by atoms with Crippen molar-refractivity contribution in [1.29, 1.82) is 0 Å². The Kier molecular flexibility index (Phi) is 5.70. The van der Waals surface area contributed by atoms with Crippen LogP contribution in [0.4, 0.5) is 5.69 Å². The summed E-state index contributed by atoms with van der Waals surface area (Å²) in [7, 11) is 0. The van der Waals surface area contributed by atoms with Crippen LogP contribution in [-0.4, -0.2) is 30.4 Å². The van der Waals surface area contributed by atoms with E-state index in [9.17, 15) is 14.9 Å². The summed E-state index contributed by atoms with van der Waals surface area (Å²) in [5, 5.41) is 10.7. The lowest BCUT2D eigenvalue weighted by atomic mass is 9.93. The molecule has 0 radical (unpaired) electrons. The molecule has 0 bridgehead atoms. The molecule has 1 heterocycles. The molecule has 0 aliphatic carbocycles. The van der Waals surface area contributed by atoms with Crippen LogP contribution < -0.4 is 0 Å². The number of hydrogen-bond acceptors (Lipinski definition) is 6. The van der Waals surface area contributed by atoms with E-state index >= 15 is 0 Å². The molecule has 0 spiro atoms. The second-order valence-corrected chi connectivity index (χ2v) is 4.94. The molecule has 1 aliphatic heterocycles. The van der Waals surface area contributed by atoms with E-state index in [0.29, 0.717) is 13.0 Å². The van der Waals surface area contributed by atoms with Crippen LogP contribution in [0.25, 0.3) is 0 Å². The first kappa shape index (κ1) is 17.0. The van der Waals surface area contributed by atoms with Crippen molar-refractivity contribution in [2.75, 3.05) is 13.2 Å². The molecule has 23 heavy (non-hydrogen) atoms. The number of carbonyl (C=O) groups excluding carboxylic acids is 1. The second-order valence-electron chi connectivity index (χ2n) is 4.94. The Morgan fingerprint density at radius 1 is 1.30 bits per heavy atom. The first-order valence-corrected chi connectivity index (χ1v) is 7.46. The number of nitro groups is 1. The van der Waals surface area contributed by atoms with E-state index in [2.05, 4.69) is 0 Å². The average molecular weight is 321 g/mol. The molecular weight excluding hydrogens is 302 g/mol. The number of non-ortho nitro benzene ring substituents is 1. The van der Waals surface area contributed by atoms with Gasteiger partial charge in [0.05, 0.1) is 11.5 Å². The quantitative estimate of drug-likeness (QED) is 0.455. The Balaban J connectivity index is 2.24. The van der Waals surface area contributed by atoms with Gasteiger partial charge in [-0.3, -0.25) is 10.1 Å². The zero-order valence-corrected chi connectivity index (χ0v) is 13.1. The minimum absolute atomic E-state index is 0.0248. The van der Waals surface area contributed by atoms with Crippen molar-refractivity contribution >= 4 is 11.7 Å². The highest BCUT2D eigenvalue weighted by atomic mass is 16.7. The molecule has 1 aromatic rings. The standard InChI is InChI=1S/C16H19NO6/c1-3-21-15-10-12(9-14(23-15)16(18)22-4-2)11-5-7-13(8-6-11)17(19)20/h5-9,12,15H,3-4,10H2,1-2H3/t12-,15-/m0/s1. The van der Waals surface area contributed by atoms with Gasteiger partial charge in [-0.15, -0.1) is 0 Å². The van der Waals surface area contributed by atoms with Crippen LogP contribution in [0.2, 0.25) is 0 Å². The summed E-state index contributed by atoms with van der Waals surface area (Å²) in [6.45, 7) is 4.26. The first-order chi connectivity index (χ1) is 11.0. The third-order valence-electron chi connectivity index (χ3n) is 3.42. The highest BCUT2D eigenvalue weighted by Gasteiger charge is 2.29. The van der Waals surface area contributed by atoms with Crippen LogP contribution in [-0.2, 0) is 19.0 Å². The highest BCUT2D eigenvalue weighted by molar-refractivity contribution is 5.86. The Morgan fingerprint density at radius 3 is 2.57 bits per heavy atom. The number of carbonyl (C=O) groups is 1. The number of hydrogen-bond donors (Lipinski definition) is 0. The molecule has 7 heteroatoms. The summed E-state index contributed by atoms with van der Waals surface area (Å²) in [5.41, 5.74) is 0.877. The predicted molar refractivity (Wildman–Crippen MR) is 81.7 cm³/mol. The van der Waals surface area contributed by atoms with Crippen molar-refractivity contribution in [3.8, 4) is 0 Å². The number of nitrogens with zero attached hydrogens (tertiary/aromatic N) is 1. The maximum atomic E-state index is 11.9. The minimum Gasteiger partial charge on any atom is -0.460 e. The van der Waals surface area contributed by atoms with E-state index in [1.165, 1.54) is 12.1 Å². The fraction of sp³-hybridized carbons (Fsp3) is 0.438. The molecule has 2 atom stereocenters. The lowest BCUT2D eigenvalue weighted by Gasteiger charge is -2.28. The lowest BCUT2D eigenvalue weighted by Crippen LogP contribution is -2.27. The van der Waals surface area contributed by atoms with E-state index in [1.54, 1.807) is 25.1 Å². The van der Waals surface area contributed by atoms with Crippen molar-refractivity contribution in [3.05, 3.63) is 51.8 Å². The van der Waals surface area contributed by atoms with Crippen molar-refractivity contribution in [3.63, 3.8) is 0 Å². The SMILES string of the molecule is CCOC(=O)C1=C[C@H](c2ccc([N+](=O)[O-])cc2)C[C@@H](OCC)O1. The molecule has 0 aromatic heterocycles. The summed E-state index contributed by atoms with van der Waals surface area (Å²) in [5.74, 6) is -0.566. The summed E-state index contributed by atoms with van der Waals surface area (Å²) in [6.07, 6.45) is 1.65. The highest BCUT2D eigenvalue weighted by Crippen LogP contribution is 2.32. The average Bonchev–Trinajstić information content (AvgIpc) is 2.55. The van der Waals surface area contributed by atoms with E-state index in [1.807, 2.05) is 6.92 Å². The van der Waals surface area contributed by atoms with Crippen LogP contribution in [0, 0.1) is 10.1 Å². The van der Waals surface area contributed by atoms with E-state index in [4.69, 9.17) is 14.2 Å². The third-order valence-corrected chi connectivity index (χ3v) is 3.42. The molecule has 0 fully saturated rings. The van der Waals surface area contributed by atoms with Crippen LogP contribution in [0.3, 0.4) is 0 Å². The molecule has 0 amide bonds. The van der Waals surface area contributed by atoms with E-state index in [0.717, 1.165) is 5.56 Å². The van der Waals surface area contributed by atoms with Gasteiger partial charge in [0.1, 0.15) is 0 Å². The lowest BCUT2D eigenvalue weighted by molar-refractivity contribution is -0.384. The monoisotopic (exact) mass is 321 g/mol. The molecule has 1 aromatic carbocycles. The number of rotatable bonds is 6. The fourth-order valence-electron chi connectivity index (χ4n) is 2.37. The molecule has 0 unspecified atom stereocenters. The van der Waals surface area contributed by atoms with E-state index < -0.39 is 17.2 Å². The van der Waals surface area contributed by atoms with Gasteiger partial charge < -0.3 is 14.2 Å². The summed E-state index contributed by atoms with van der Waals surface area (Å²) >= 11 is 0. The van der Waals surface area contributed by atoms with Gasteiger partial charge in [0.2, 0.25) is 12.0 Å². The normalized spacial score (nSPS) is 20.3. The van der Waals surface area contributed by atoms with Gasteiger partial charge in [-0.1, -0.05) is 12.1 Å². The summed E-state index contributed by atoms with van der Waals surface area (Å²) in [6, 6.07) is 6.24. The van der Waals surface area contributed by atoms with Gasteiger partial charge in [-0.2, -0.15) is 0 Å². The number of benzene rings is 1. The fourth-order valence-corrected chi connectivity index (χ4v) is 2.37. The molecule has 0 saturated carbocycles. The smallest absolute Gasteiger partial charge is 0.373 e. The van der Waals surface area contributed by atoms with Gasteiger partial charge in [0.25, 0.3) is 5.69 Å². The Hall–Kier alpha value is -2.41. The largest absolute Gasteiger partial charge is 0.460 e. The summed E-state index contributed by atoms with van der Waals surface area (Å²) in [4.78, 5) is 22.2. The molecule has 0 saturated heterocycles. The summed E-state index contributed by atoms with van der Waals surface area (Å²) < 4.78 is 16.0. The predicted octanol–water partition coefficient (Wildman–Crippen LogP) is 2.91. The maximum Gasteiger partial charge on any atom is 0.373 e. The van der Waals surface area contributed by atoms with Gasteiger partial charge in [0.15, 0.2) is 0 Å². The number of allylic oxidation sites excluding steroid dienone is 1. The van der Waals surface area contributed by atoms with Crippen LogP contribution in [0.15, 0.2) is 36.1 Å². The topological polar surface area (TPSA) is 87.9 Å². The van der Waals surface area contributed by atoms with Gasteiger partial charge in [0, 0.05) is 31.1 Å². The number of esters is 1. The molecule has 2 rings (SSSR count). The minimum atomic E-state index is -0.551. The van der Waals surface area contributed by atoms with Crippen molar-refractivity contribution in [1.82, 2.24) is 0 Å². The second kappa shape index (κ2) is 7.73. The van der Waals surface area contributed by atoms with Gasteiger partial charge >= 0.3 is 5.97 Å². The zero-order chi connectivity index (χ0) is 16.8. The molecule has 124 valence electrons. The van der Waals surface area contributed by atoms with Gasteiger partial charge in [-0.05, 0) is 25.5 Å². The Labute approximate surface area is 134 Å². The number of ether oxygens (including phenoxy) is 3. The molecule has 0 N–H and O–H groups in total. The maximum absolute atomic E-state index is 11.9. The van der Waals surface area contributed by atoms with E-state index in [-0.39, 0.29) is 24.0 Å². The Morgan fingerprint density at radius 2 is 2.00 bits per heavy atom. The third kappa shape index (κ3) is 4.29. The first-order valence-electron chi connectivity index (χ1n) is 7.46. The molecular formula is C16H19NO6. The van der Waals surface area contributed by atoms with Crippen molar-refractivity contribution in [2.24, 2.45) is 0 Å². The van der Waals surface area contributed by atoms with Gasteiger partial charge in [-0.25, -0.2) is 4.79 Å². The van der Waals surface area contributed by atoms with Crippen molar-refractivity contribution < 1.29 is 23.9 Å². The molecule has 7 nitrogen and oxygen atoms in total. The van der Waals surface area contributed by atoms with Crippen LogP contribution in [0.1, 0.15) is 31.7 Å². The van der Waals surface area contributed by atoms with Crippen LogP contribution in [0.5, 0.6) is 0 Å². The van der Waals surface area contributed by atoms with Crippen molar-refractivity contribution in [2.45, 2.75) is 32.5 Å².